The van der Waals surface area contributed by atoms with E-state index in [0.717, 1.165) is 18.7 Å². The van der Waals surface area contributed by atoms with Crippen molar-refractivity contribution in [2.45, 2.75) is 29.6 Å². The molecule has 0 aliphatic heterocycles. The van der Waals surface area contributed by atoms with Gasteiger partial charge in [-0.15, -0.1) is 0 Å². The van der Waals surface area contributed by atoms with Crippen LogP contribution in [0.1, 0.15) is 24.8 Å². The van der Waals surface area contributed by atoms with E-state index in [4.69, 9.17) is 4.74 Å². The number of aliphatic carboxylic acids is 1. The highest BCUT2D eigenvalue weighted by molar-refractivity contribution is 7.90. The molecule has 1 N–H and O–H groups in total. The Balaban J connectivity index is 2.66. The molecule has 0 spiro atoms. The van der Waals surface area contributed by atoms with E-state index in [-0.39, 0.29) is 11.3 Å². The average molecular weight is 302 g/mol. The molecule has 1 aromatic carbocycles. The highest BCUT2D eigenvalue weighted by Crippen LogP contribution is 2.46. The Morgan fingerprint density at radius 3 is 2.35 bits per heavy atom. The Kier molecular flexibility index (Phi) is 3.49. The smallest absolute Gasteiger partial charge is 0.314 e. The second-order valence-electron chi connectivity index (χ2n) is 5.00. The van der Waals surface area contributed by atoms with Gasteiger partial charge in [0.2, 0.25) is 0 Å². The van der Waals surface area contributed by atoms with Crippen molar-refractivity contribution in [3.63, 3.8) is 0 Å². The van der Waals surface area contributed by atoms with Gasteiger partial charge in [0.15, 0.2) is 9.84 Å². The van der Waals surface area contributed by atoms with E-state index < -0.39 is 31.9 Å². The fourth-order valence-electron chi connectivity index (χ4n) is 2.51. The van der Waals surface area contributed by atoms with Crippen LogP contribution in [-0.2, 0) is 20.0 Å². The number of hydrogen-bond donors (Lipinski definition) is 1. The maximum atomic E-state index is 14.1. The Hall–Kier alpha value is -1.63. The van der Waals surface area contributed by atoms with Crippen LogP contribution >= 0.6 is 0 Å². The van der Waals surface area contributed by atoms with Gasteiger partial charge in [0.1, 0.15) is 16.5 Å². The predicted molar refractivity (Wildman–Crippen MR) is 69.2 cm³/mol. The molecule has 1 aliphatic carbocycles. The van der Waals surface area contributed by atoms with Crippen molar-refractivity contribution in [2.24, 2.45) is 0 Å². The first kappa shape index (κ1) is 14.8. The van der Waals surface area contributed by atoms with Gasteiger partial charge in [0.25, 0.3) is 0 Å². The molecule has 1 fully saturated rings. The van der Waals surface area contributed by atoms with Gasteiger partial charge >= 0.3 is 5.97 Å². The summed E-state index contributed by atoms with van der Waals surface area (Å²) in [5, 5.41) is 9.34. The fourth-order valence-corrected chi connectivity index (χ4v) is 3.43. The van der Waals surface area contributed by atoms with E-state index in [2.05, 4.69) is 0 Å². The average Bonchev–Trinajstić information content (AvgIpc) is 2.23. The predicted octanol–water partition coefficient (Wildman–Crippen LogP) is 1.74. The molecule has 2 rings (SSSR count). The third-order valence-electron chi connectivity index (χ3n) is 3.77. The number of rotatable bonds is 4. The van der Waals surface area contributed by atoms with Gasteiger partial charge in [-0.1, -0.05) is 6.42 Å². The van der Waals surface area contributed by atoms with Crippen molar-refractivity contribution < 1.29 is 27.4 Å². The Labute approximate surface area is 116 Å². The van der Waals surface area contributed by atoms with E-state index in [1.807, 2.05) is 0 Å². The number of sulfone groups is 1. The molecule has 0 aromatic heterocycles. The largest absolute Gasteiger partial charge is 0.495 e. The van der Waals surface area contributed by atoms with Crippen molar-refractivity contribution >= 4 is 15.8 Å². The summed E-state index contributed by atoms with van der Waals surface area (Å²) in [6.07, 6.45) is 2.43. The second-order valence-corrected chi connectivity index (χ2v) is 6.96. The zero-order valence-corrected chi connectivity index (χ0v) is 12.0. The van der Waals surface area contributed by atoms with Crippen molar-refractivity contribution in [2.75, 3.05) is 13.4 Å². The Morgan fingerprint density at radius 2 is 2.00 bits per heavy atom. The van der Waals surface area contributed by atoms with Gasteiger partial charge in [0, 0.05) is 6.26 Å². The fraction of sp³-hybridized carbons (Fsp3) is 0.462. The molecule has 0 atom stereocenters. The summed E-state index contributed by atoms with van der Waals surface area (Å²) >= 11 is 0. The highest BCUT2D eigenvalue weighted by Gasteiger charge is 2.46. The van der Waals surface area contributed by atoms with Crippen LogP contribution in [0.15, 0.2) is 17.0 Å². The summed E-state index contributed by atoms with van der Waals surface area (Å²) in [6, 6.07) is 2.30. The summed E-state index contributed by atoms with van der Waals surface area (Å²) in [6.45, 7) is 0. The molecule has 0 heterocycles. The van der Waals surface area contributed by atoms with Gasteiger partial charge in [-0.25, -0.2) is 12.8 Å². The molecule has 20 heavy (non-hydrogen) atoms. The minimum atomic E-state index is -3.79. The molecule has 1 aliphatic rings. The van der Waals surface area contributed by atoms with Gasteiger partial charge in [-0.05, 0) is 30.5 Å². The van der Waals surface area contributed by atoms with E-state index in [9.17, 15) is 22.7 Å². The van der Waals surface area contributed by atoms with E-state index in [0.29, 0.717) is 12.8 Å². The second kappa shape index (κ2) is 4.73. The number of carboxylic acid groups (broad SMARTS) is 1. The summed E-state index contributed by atoms with van der Waals surface area (Å²) < 4.78 is 42.2. The number of carboxylic acids is 1. The standard InChI is InChI=1S/C13H15FO5S/c1-19-10-7-8(13(12(15)16)4-3-5-13)6-9(14)11(10)20(2,17)18/h6-7H,3-5H2,1-2H3,(H,15,16). The molecule has 0 unspecified atom stereocenters. The molecular weight excluding hydrogens is 287 g/mol. The van der Waals surface area contributed by atoms with Crippen molar-refractivity contribution in [3.8, 4) is 5.75 Å². The first-order valence-corrected chi connectivity index (χ1v) is 7.93. The van der Waals surface area contributed by atoms with Gasteiger partial charge in [-0.3, -0.25) is 4.79 Å². The van der Waals surface area contributed by atoms with Crippen LogP contribution in [0.3, 0.4) is 0 Å². The molecule has 5 nitrogen and oxygen atoms in total. The number of hydrogen-bond acceptors (Lipinski definition) is 4. The maximum absolute atomic E-state index is 14.1. The van der Waals surface area contributed by atoms with Crippen LogP contribution in [-0.4, -0.2) is 32.9 Å². The molecule has 0 amide bonds. The number of benzene rings is 1. The normalized spacial score (nSPS) is 17.4. The molecule has 7 heteroatoms. The van der Waals surface area contributed by atoms with Crippen molar-refractivity contribution in [1.29, 1.82) is 0 Å². The van der Waals surface area contributed by atoms with Gasteiger partial charge < -0.3 is 9.84 Å². The van der Waals surface area contributed by atoms with Crippen LogP contribution in [0.4, 0.5) is 4.39 Å². The maximum Gasteiger partial charge on any atom is 0.314 e. The summed E-state index contributed by atoms with van der Waals surface area (Å²) in [7, 11) is -2.57. The summed E-state index contributed by atoms with van der Waals surface area (Å²) in [4.78, 5) is 10.9. The highest BCUT2D eigenvalue weighted by atomic mass is 32.2. The third kappa shape index (κ3) is 2.15. The van der Waals surface area contributed by atoms with E-state index in [1.54, 1.807) is 0 Å². The first-order valence-electron chi connectivity index (χ1n) is 6.04. The molecule has 1 aromatic rings. The van der Waals surface area contributed by atoms with E-state index in [1.165, 1.54) is 13.2 Å². The zero-order valence-electron chi connectivity index (χ0n) is 11.1. The van der Waals surface area contributed by atoms with Crippen LogP contribution in [0.2, 0.25) is 0 Å². The van der Waals surface area contributed by atoms with E-state index >= 15 is 0 Å². The van der Waals surface area contributed by atoms with Crippen LogP contribution in [0, 0.1) is 5.82 Å². The minimum Gasteiger partial charge on any atom is -0.495 e. The molecule has 0 radical (unpaired) electrons. The molecule has 110 valence electrons. The van der Waals surface area contributed by atoms with Gasteiger partial charge in [-0.2, -0.15) is 0 Å². The SMILES string of the molecule is COc1cc(C2(C(=O)O)CCC2)cc(F)c1S(C)(=O)=O. The van der Waals surface area contributed by atoms with Gasteiger partial charge in [0.05, 0.1) is 12.5 Å². The number of carbonyl (C=O) groups is 1. The van der Waals surface area contributed by atoms with Crippen molar-refractivity contribution in [1.82, 2.24) is 0 Å². The lowest BCUT2D eigenvalue weighted by Gasteiger charge is -2.38. The summed E-state index contributed by atoms with van der Waals surface area (Å²) in [5.74, 6) is -2.17. The van der Waals surface area contributed by atoms with Crippen molar-refractivity contribution in [3.05, 3.63) is 23.5 Å². The monoisotopic (exact) mass is 302 g/mol. The molecular formula is C13H15FO5S. The zero-order chi connectivity index (χ0) is 15.1. The lowest BCUT2D eigenvalue weighted by Crippen LogP contribution is -2.42. The minimum absolute atomic E-state index is 0.157. The van der Waals surface area contributed by atoms with Crippen LogP contribution < -0.4 is 4.74 Å². The molecule has 0 bridgehead atoms. The topological polar surface area (TPSA) is 80.7 Å². The molecule has 0 saturated heterocycles. The summed E-state index contributed by atoms with van der Waals surface area (Å²) in [5.41, 5.74) is -0.887. The number of ether oxygens (including phenoxy) is 1. The lowest BCUT2D eigenvalue weighted by molar-refractivity contribution is -0.147. The lowest BCUT2D eigenvalue weighted by atomic mass is 9.64. The Bertz CT molecular complexity index is 662. The third-order valence-corrected chi connectivity index (χ3v) is 4.91. The number of methoxy groups -OCH3 is 1. The number of halogens is 1. The van der Waals surface area contributed by atoms with Crippen LogP contribution in [0.5, 0.6) is 5.75 Å². The molecule has 1 saturated carbocycles. The quantitative estimate of drug-likeness (QED) is 0.916. The van der Waals surface area contributed by atoms with Crippen LogP contribution in [0.25, 0.3) is 0 Å². The Morgan fingerprint density at radius 1 is 1.40 bits per heavy atom. The first-order chi connectivity index (χ1) is 9.22.